The second-order valence-corrected chi connectivity index (χ2v) is 6.51. The van der Waals surface area contributed by atoms with Gasteiger partial charge in [-0.3, -0.25) is 9.69 Å². The van der Waals surface area contributed by atoms with Gasteiger partial charge < -0.3 is 9.64 Å². The van der Waals surface area contributed by atoms with Crippen molar-refractivity contribution < 1.29 is 9.53 Å². The monoisotopic (exact) mass is 324 g/mol. The quantitative estimate of drug-likeness (QED) is 0.806. The first kappa shape index (κ1) is 17.1. The topological polar surface area (TPSA) is 32.8 Å². The lowest BCUT2D eigenvalue weighted by Gasteiger charge is -2.35. The Balaban J connectivity index is 1.67. The summed E-state index contributed by atoms with van der Waals surface area (Å²) in [7, 11) is 0. The molecule has 0 aromatic heterocycles. The van der Waals surface area contributed by atoms with Gasteiger partial charge in [-0.15, -0.1) is 0 Å². The third-order valence-electron chi connectivity index (χ3n) is 3.81. The van der Waals surface area contributed by atoms with Crippen LogP contribution in [0, 0.1) is 5.92 Å². The molecule has 0 bridgehead atoms. The normalized spacial score (nSPS) is 16.1. The number of carbonyl (C=O) groups excluding carboxylic acids is 1. The Hall–Kier alpha value is -1.26. The zero-order valence-corrected chi connectivity index (χ0v) is 14.2. The van der Waals surface area contributed by atoms with Crippen LogP contribution >= 0.6 is 11.6 Å². The largest absolute Gasteiger partial charge is 0.491 e. The summed E-state index contributed by atoms with van der Waals surface area (Å²) in [5.74, 6) is 1.44. The van der Waals surface area contributed by atoms with Crippen LogP contribution in [0.1, 0.15) is 20.3 Å². The molecule has 2 rings (SSSR count). The van der Waals surface area contributed by atoms with Crippen LogP contribution in [-0.2, 0) is 4.79 Å². The number of piperazine rings is 1. The van der Waals surface area contributed by atoms with Gasteiger partial charge in [0.05, 0.1) is 5.02 Å². The maximum atomic E-state index is 12.0. The summed E-state index contributed by atoms with van der Waals surface area (Å²) >= 11 is 6.06. The summed E-state index contributed by atoms with van der Waals surface area (Å²) in [6.07, 6.45) is 0.648. The van der Waals surface area contributed by atoms with E-state index in [-0.39, 0.29) is 5.91 Å². The highest BCUT2D eigenvalue weighted by molar-refractivity contribution is 6.32. The maximum absolute atomic E-state index is 12.0. The fraction of sp³-hybridized carbons (Fsp3) is 0.588. The number of para-hydroxylation sites is 1. The molecular formula is C17H25ClN2O2. The molecule has 1 aliphatic heterocycles. The molecule has 1 heterocycles. The first-order valence-corrected chi connectivity index (χ1v) is 8.31. The second-order valence-electron chi connectivity index (χ2n) is 6.10. The Labute approximate surface area is 138 Å². The number of benzene rings is 1. The molecule has 0 atom stereocenters. The zero-order chi connectivity index (χ0) is 15.9. The maximum Gasteiger partial charge on any atom is 0.222 e. The van der Waals surface area contributed by atoms with Gasteiger partial charge in [0, 0.05) is 39.1 Å². The summed E-state index contributed by atoms with van der Waals surface area (Å²) in [6.45, 7) is 9.10. The molecule has 0 spiro atoms. The number of nitrogens with zero attached hydrogens (tertiary/aromatic N) is 2. The van der Waals surface area contributed by atoms with Gasteiger partial charge in [-0.1, -0.05) is 37.6 Å². The Morgan fingerprint density at radius 1 is 1.23 bits per heavy atom. The molecule has 0 radical (unpaired) electrons. The Bertz CT molecular complexity index is 485. The van der Waals surface area contributed by atoms with E-state index >= 15 is 0 Å². The molecule has 22 heavy (non-hydrogen) atoms. The number of rotatable bonds is 6. The van der Waals surface area contributed by atoms with Crippen LogP contribution in [0.15, 0.2) is 24.3 Å². The number of halogens is 1. The van der Waals surface area contributed by atoms with Crippen molar-refractivity contribution in [1.82, 2.24) is 9.80 Å². The zero-order valence-electron chi connectivity index (χ0n) is 13.4. The molecule has 0 unspecified atom stereocenters. The van der Waals surface area contributed by atoms with Crippen molar-refractivity contribution in [3.63, 3.8) is 0 Å². The van der Waals surface area contributed by atoms with Crippen molar-refractivity contribution in [1.29, 1.82) is 0 Å². The van der Waals surface area contributed by atoms with E-state index in [1.807, 2.05) is 29.2 Å². The van der Waals surface area contributed by atoms with E-state index in [1.54, 1.807) is 0 Å². The smallest absolute Gasteiger partial charge is 0.222 e. The summed E-state index contributed by atoms with van der Waals surface area (Å²) in [4.78, 5) is 16.3. The molecule has 5 heteroatoms. The molecule has 1 fully saturated rings. The van der Waals surface area contributed by atoms with Crippen molar-refractivity contribution in [3.05, 3.63) is 29.3 Å². The lowest BCUT2D eigenvalue weighted by Crippen LogP contribution is -2.49. The van der Waals surface area contributed by atoms with Crippen LogP contribution in [0.5, 0.6) is 5.75 Å². The van der Waals surface area contributed by atoms with E-state index in [9.17, 15) is 4.79 Å². The van der Waals surface area contributed by atoms with Gasteiger partial charge in [-0.25, -0.2) is 0 Å². The van der Waals surface area contributed by atoms with Crippen molar-refractivity contribution in [3.8, 4) is 5.75 Å². The van der Waals surface area contributed by atoms with Crippen LogP contribution in [-0.4, -0.2) is 55.0 Å². The SMILES string of the molecule is CC(C)CC(=O)N1CCN(CCOc2ccccc2Cl)CC1. The molecule has 1 aromatic carbocycles. The average Bonchev–Trinajstić information content (AvgIpc) is 2.49. The van der Waals surface area contributed by atoms with Crippen LogP contribution in [0.25, 0.3) is 0 Å². The molecule has 1 amide bonds. The van der Waals surface area contributed by atoms with E-state index in [0.717, 1.165) is 38.5 Å². The van der Waals surface area contributed by atoms with Crippen LogP contribution < -0.4 is 4.74 Å². The highest BCUT2D eigenvalue weighted by Crippen LogP contribution is 2.22. The van der Waals surface area contributed by atoms with Crippen molar-refractivity contribution in [2.45, 2.75) is 20.3 Å². The van der Waals surface area contributed by atoms with E-state index < -0.39 is 0 Å². The van der Waals surface area contributed by atoms with Crippen molar-refractivity contribution >= 4 is 17.5 Å². The fourth-order valence-electron chi connectivity index (χ4n) is 2.55. The minimum atomic E-state index is 0.280. The predicted octanol–water partition coefficient (Wildman–Crippen LogP) is 2.91. The fourth-order valence-corrected chi connectivity index (χ4v) is 2.74. The van der Waals surface area contributed by atoms with Crippen molar-refractivity contribution in [2.24, 2.45) is 5.92 Å². The lowest BCUT2D eigenvalue weighted by molar-refractivity contribution is -0.133. The molecular weight excluding hydrogens is 300 g/mol. The standard InChI is InChI=1S/C17H25ClN2O2/c1-14(2)13-17(21)20-9-7-19(8-10-20)11-12-22-16-6-4-3-5-15(16)18/h3-6,14H,7-13H2,1-2H3. The van der Waals surface area contributed by atoms with Gasteiger partial charge >= 0.3 is 0 Å². The Kier molecular flexibility index (Phi) is 6.52. The molecule has 1 saturated heterocycles. The first-order valence-electron chi connectivity index (χ1n) is 7.93. The molecule has 1 aromatic rings. The van der Waals surface area contributed by atoms with Gasteiger partial charge in [0.25, 0.3) is 0 Å². The van der Waals surface area contributed by atoms with Crippen LogP contribution in [0.2, 0.25) is 5.02 Å². The van der Waals surface area contributed by atoms with Gasteiger partial charge in [-0.05, 0) is 18.1 Å². The highest BCUT2D eigenvalue weighted by atomic mass is 35.5. The number of carbonyl (C=O) groups is 1. The summed E-state index contributed by atoms with van der Waals surface area (Å²) in [5.41, 5.74) is 0. The third-order valence-corrected chi connectivity index (χ3v) is 4.12. The summed E-state index contributed by atoms with van der Waals surface area (Å²) in [6, 6.07) is 7.52. The Morgan fingerprint density at radius 3 is 2.55 bits per heavy atom. The third kappa shape index (κ3) is 5.18. The van der Waals surface area contributed by atoms with Gasteiger partial charge in [0.2, 0.25) is 5.91 Å². The molecule has 0 aliphatic carbocycles. The predicted molar refractivity (Wildman–Crippen MR) is 89.4 cm³/mol. The summed E-state index contributed by atoms with van der Waals surface area (Å²) in [5, 5.41) is 0.645. The lowest BCUT2D eigenvalue weighted by atomic mass is 10.1. The number of amides is 1. The van der Waals surface area contributed by atoms with Gasteiger partial charge in [0.1, 0.15) is 12.4 Å². The van der Waals surface area contributed by atoms with Crippen LogP contribution in [0.4, 0.5) is 0 Å². The van der Waals surface area contributed by atoms with Crippen LogP contribution in [0.3, 0.4) is 0 Å². The highest BCUT2D eigenvalue weighted by Gasteiger charge is 2.21. The second kappa shape index (κ2) is 8.39. The van der Waals surface area contributed by atoms with E-state index in [2.05, 4.69) is 18.7 Å². The minimum absolute atomic E-state index is 0.280. The summed E-state index contributed by atoms with van der Waals surface area (Å²) < 4.78 is 5.71. The number of hydrogen-bond donors (Lipinski definition) is 0. The average molecular weight is 325 g/mol. The number of hydrogen-bond acceptors (Lipinski definition) is 3. The molecule has 122 valence electrons. The minimum Gasteiger partial charge on any atom is -0.491 e. The van der Waals surface area contributed by atoms with Gasteiger partial charge in [-0.2, -0.15) is 0 Å². The number of ether oxygens (including phenoxy) is 1. The Morgan fingerprint density at radius 2 is 1.91 bits per heavy atom. The van der Waals surface area contributed by atoms with E-state index in [4.69, 9.17) is 16.3 Å². The van der Waals surface area contributed by atoms with E-state index in [1.165, 1.54) is 0 Å². The van der Waals surface area contributed by atoms with E-state index in [0.29, 0.717) is 24.0 Å². The molecule has 4 nitrogen and oxygen atoms in total. The molecule has 0 saturated carbocycles. The molecule has 0 N–H and O–H groups in total. The first-order chi connectivity index (χ1) is 10.6. The van der Waals surface area contributed by atoms with Crippen molar-refractivity contribution in [2.75, 3.05) is 39.3 Å². The molecule has 1 aliphatic rings. The van der Waals surface area contributed by atoms with Gasteiger partial charge in [0.15, 0.2) is 0 Å².